The lowest BCUT2D eigenvalue weighted by molar-refractivity contribution is -0.137. The predicted octanol–water partition coefficient (Wildman–Crippen LogP) is 4.47. The Hall–Kier alpha value is -3.00. The number of anilines is 2. The molecule has 0 spiro atoms. The number of aliphatic carboxylic acids is 1. The van der Waals surface area contributed by atoms with Gasteiger partial charge >= 0.3 is 5.97 Å². The van der Waals surface area contributed by atoms with Crippen LogP contribution in [-0.4, -0.2) is 54.1 Å². The number of pyridine rings is 1. The summed E-state index contributed by atoms with van der Waals surface area (Å²) in [5, 5.41) is 16.3. The van der Waals surface area contributed by atoms with E-state index in [1.165, 1.54) is 0 Å². The van der Waals surface area contributed by atoms with Crippen LogP contribution < -0.4 is 19.4 Å². The van der Waals surface area contributed by atoms with Crippen molar-refractivity contribution < 1.29 is 19.4 Å². The van der Waals surface area contributed by atoms with Crippen LogP contribution in [-0.2, 0) is 4.79 Å². The standard InChI is InChI=1S/C24H29ClN4O4/c1-15-16(2)27-29(21(15)13-24(30)31)17-4-6-18(7-5-17)33-19-8-10-28(11-9-19)22-12-23(32-3)26-14-20(22)25/h4-7,12,14-15,19,21H,8-11,13H2,1-3H3,(H,30,31). The maximum atomic E-state index is 11.3. The summed E-state index contributed by atoms with van der Waals surface area (Å²) in [5.41, 5.74) is 2.74. The topological polar surface area (TPSA) is 87.5 Å². The minimum absolute atomic E-state index is 0.0478. The summed E-state index contributed by atoms with van der Waals surface area (Å²) in [5.74, 6) is 0.615. The Morgan fingerprint density at radius 1 is 1.24 bits per heavy atom. The van der Waals surface area contributed by atoms with Crippen molar-refractivity contribution in [2.24, 2.45) is 11.0 Å². The van der Waals surface area contributed by atoms with Gasteiger partial charge in [-0.25, -0.2) is 4.98 Å². The van der Waals surface area contributed by atoms with Crippen LogP contribution in [0.25, 0.3) is 0 Å². The van der Waals surface area contributed by atoms with E-state index in [9.17, 15) is 9.90 Å². The van der Waals surface area contributed by atoms with Crippen molar-refractivity contribution in [2.75, 3.05) is 30.1 Å². The van der Waals surface area contributed by atoms with Crippen molar-refractivity contribution in [2.45, 2.75) is 45.3 Å². The first-order chi connectivity index (χ1) is 15.9. The molecule has 0 bridgehead atoms. The molecule has 0 saturated carbocycles. The minimum atomic E-state index is -0.820. The smallest absolute Gasteiger partial charge is 0.305 e. The second-order valence-electron chi connectivity index (χ2n) is 8.52. The van der Waals surface area contributed by atoms with Gasteiger partial charge in [-0.15, -0.1) is 0 Å². The van der Waals surface area contributed by atoms with Crippen LogP contribution in [0.15, 0.2) is 41.6 Å². The minimum Gasteiger partial charge on any atom is -0.490 e. The van der Waals surface area contributed by atoms with Gasteiger partial charge in [-0.05, 0) is 31.2 Å². The molecule has 1 aromatic carbocycles. The molecular weight excluding hydrogens is 444 g/mol. The van der Waals surface area contributed by atoms with Crippen molar-refractivity contribution in [3.63, 3.8) is 0 Å². The maximum Gasteiger partial charge on any atom is 0.305 e. The number of methoxy groups -OCH3 is 1. The summed E-state index contributed by atoms with van der Waals surface area (Å²) >= 11 is 6.34. The van der Waals surface area contributed by atoms with E-state index in [2.05, 4.69) is 15.0 Å². The molecular formula is C24H29ClN4O4. The van der Waals surface area contributed by atoms with Crippen molar-refractivity contribution in [3.8, 4) is 11.6 Å². The number of hydrogen-bond acceptors (Lipinski definition) is 7. The number of hydrogen-bond donors (Lipinski definition) is 1. The van der Waals surface area contributed by atoms with Gasteiger partial charge in [0.1, 0.15) is 11.9 Å². The number of rotatable bonds is 7. The molecule has 3 heterocycles. The zero-order chi connectivity index (χ0) is 23.5. The average Bonchev–Trinajstić information content (AvgIpc) is 3.08. The van der Waals surface area contributed by atoms with E-state index in [0.29, 0.717) is 10.9 Å². The molecule has 0 aliphatic carbocycles. The molecule has 2 aliphatic heterocycles. The number of hydrazone groups is 1. The summed E-state index contributed by atoms with van der Waals surface area (Å²) in [6, 6.07) is 9.42. The van der Waals surface area contributed by atoms with E-state index in [1.807, 2.05) is 49.2 Å². The van der Waals surface area contributed by atoms with Crippen LogP contribution in [0.3, 0.4) is 0 Å². The Labute approximate surface area is 198 Å². The number of aromatic nitrogens is 1. The highest BCUT2D eigenvalue weighted by Gasteiger charge is 2.34. The van der Waals surface area contributed by atoms with Gasteiger partial charge in [-0.3, -0.25) is 9.80 Å². The van der Waals surface area contributed by atoms with E-state index in [0.717, 1.165) is 48.8 Å². The largest absolute Gasteiger partial charge is 0.490 e. The highest BCUT2D eigenvalue weighted by molar-refractivity contribution is 6.33. The number of halogens is 1. The van der Waals surface area contributed by atoms with Gasteiger partial charge in [-0.2, -0.15) is 5.10 Å². The number of carboxylic acids is 1. The Morgan fingerprint density at radius 2 is 1.94 bits per heavy atom. The summed E-state index contributed by atoms with van der Waals surface area (Å²) in [4.78, 5) is 17.7. The number of ether oxygens (including phenoxy) is 2. The summed E-state index contributed by atoms with van der Waals surface area (Å²) in [6.07, 6.45) is 3.52. The fourth-order valence-corrected chi connectivity index (χ4v) is 4.59. The van der Waals surface area contributed by atoms with Crippen LogP contribution in [0.2, 0.25) is 5.02 Å². The molecule has 1 aromatic heterocycles. The van der Waals surface area contributed by atoms with Crippen LogP contribution >= 0.6 is 11.6 Å². The van der Waals surface area contributed by atoms with Crippen LogP contribution in [0.4, 0.5) is 11.4 Å². The Bertz CT molecular complexity index is 1020. The molecule has 1 fully saturated rings. The first-order valence-corrected chi connectivity index (χ1v) is 11.5. The second-order valence-corrected chi connectivity index (χ2v) is 8.92. The molecule has 33 heavy (non-hydrogen) atoms. The second kappa shape index (κ2) is 9.87. The monoisotopic (exact) mass is 472 g/mol. The van der Waals surface area contributed by atoms with Gasteiger partial charge in [0.25, 0.3) is 0 Å². The van der Waals surface area contributed by atoms with Crippen LogP contribution in [0.1, 0.15) is 33.1 Å². The van der Waals surface area contributed by atoms with Gasteiger partial charge in [-0.1, -0.05) is 18.5 Å². The molecule has 0 amide bonds. The van der Waals surface area contributed by atoms with E-state index >= 15 is 0 Å². The lowest BCUT2D eigenvalue weighted by atomic mass is 9.96. The highest BCUT2D eigenvalue weighted by atomic mass is 35.5. The SMILES string of the molecule is COc1cc(N2CCC(Oc3ccc(N4N=C(C)C(C)C4CC(=O)O)cc3)CC2)c(Cl)cn1. The molecule has 0 radical (unpaired) electrons. The van der Waals surface area contributed by atoms with Gasteiger partial charge in [0.05, 0.1) is 42.2 Å². The molecule has 9 heteroatoms. The zero-order valence-corrected chi connectivity index (χ0v) is 19.8. The molecule has 1 N–H and O–H groups in total. The third-order valence-corrected chi connectivity index (χ3v) is 6.70. The average molecular weight is 473 g/mol. The van der Waals surface area contributed by atoms with E-state index < -0.39 is 5.97 Å². The van der Waals surface area contributed by atoms with Gasteiger partial charge < -0.3 is 19.5 Å². The van der Waals surface area contributed by atoms with Crippen LogP contribution in [0, 0.1) is 5.92 Å². The van der Waals surface area contributed by atoms with E-state index in [-0.39, 0.29) is 24.5 Å². The molecule has 2 aromatic rings. The molecule has 1 saturated heterocycles. The lowest BCUT2D eigenvalue weighted by Gasteiger charge is -2.34. The van der Waals surface area contributed by atoms with Crippen molar-refractivity contribution in [3.05, 3.63) is 41.6 Å². The number of piperidine rings is 1. The fourth-order valence-electron chi connectivity index (χ4n) is 4.36. The highest BCUT2D eigenvalue weighted by Crippen LogP contribution is 2.33. The van der Waals surface area contributed by atoms with Crippen molar-refractivity contribution in [1.82, 2.24) is 4.98 Å². The summed E-state index contributed by atoms with van der Waals surface area (Å²) in [7, 11) is 1.59. The predicted molar refractivity (Wildman–Crippen MR) is 129 cm³/mol. The van der Waals surface area contributed by atoms with Crippen molar-refractivity contribution >= 4 is 34.7 Å². The van der Waals surface area contributed by atoms with Gasteiger partial charge in [0.15, 0.2) is 0 Å². The van der Waals surface area contributed by atoms with E-state index in [1.54, 1.807) is 13.3 Å². The molecule has 2 unspecified atom stereocenters. The summed E-state index contributed by atoms with van der Waals surface area (Å²) in [6.45, 7) is 5.61. The fraction of sp³-hybridized carbons (Fsp3) is 0.458. The molecule has 2 aliphatic rings. The first kappa shape index (κ1) is 23.2. The quantitative estimate of drug-likeness (QED) is 0.636. The first-order valence-electron chi connectivity index (χ1n) is 11.1. The number of carbonyl (C=O) groups is 1. The Balaban J connectivity index is 1.36. The lowest BCUT2D eigenvalue weighted by Crippen LogP contribution is -2.38. The van der Waals surface area contributed by atoms with Gasteiger partial charge in [0.2, 0.25) is 5.88 Å². The molecule has 8 nitrogen and oxygen atoms in total. The Morgan fingerprint density at radius 3 is 2.58 bits per heavy atom. The third kappa shape index (κ3) is 5.16. The third-order valence-electron chi connectivity index (χ3n) is 6.41. The van der Waals surface area contributed by atoms with Crippen LogP contribution in [0.5, 0.6) is 11.6 Å². The normalized spacial score (nSPS) is 21.2. The molecule has 2 atom stereocenters. The summed E-state index contributed by atoms with van der Waals surface area (Å²) < 4.78 is 11.4. The molecule has 4 rings (SSSR count). The van der Waals surface area contributed by atoms with Crippen molar-refractivity contribution in [1.29, 1.82) is 0 Å². The molecule has 176 valence electrons. The number of carboxylic acid groups (broad SMARTS) is 1. The number of benzene rings is 1. The Kier molecular flexibility index (Phi) is 6.93. The number of nitrogens with zero attached hydrogens (tertiary/aromatic N) is 4. The van der Waals surface area contributed by atoms with Gasteiger partial charge in [0, 0.05) is 43.6 Å². The maximum absolute atomic E-state index is 11.3. The van der Waals surface area contributed by atoms with E-state index in [4.69, 9.17) is 21.1 Å². The zero-order valence-electron chi connectivity index (χ0n) is 19.1.